The molecule has 0 aromatic carbocycles. The Morgan fingerprint density at radius 1 is 1.83 bits per heavy atom. The van der Waals surface area contributed by atoms with Crippen molar-refractivity contribution in [3.8, 4) is 0 Å². The third-order valence-electron chi connectivity index (χ3n) is 1.15. The second kappa shape index (κ2) is 3.95. The van der Waals surface area contributed by atoms with Crippen LogP contribution in [0.5, 0.6) is 0 Å². The van der Waals surface area contributed by atoms with Gasteiger partial charge in [0.1, 0.15) is 0 Å². The molecule has 0 saturated heterocycles. The molecular weight excluding hydrogens is 180 g/mol. The molecular formula is C7H7ClN2O2. The number of allylic oxidation sites excluding steroid dienone is 1. The third-order valence-corrected chi connectivity index (χ3v) is 1.43. The molecule has 1 aliphatic heterocycles. The Balaban J connectivity index is 2.80. The van der Waals surface area contributed by atoms with Gasteiger partial charge in [-0.1, -0.05) is 11.6 Å². The summed E-state index contributed by atoms with van der Waals surface area (Å²) in [6, 6.07) is 0. The van der Waals surface area contributed by atoms with Crippen LogP contribution >= 0.6 is 11.6 Å². The topological polar surface area (TPSA) is 50.7 Å². The molecule has 1 aliphatic rings. The summed E-state index contributed by atoms with van der Waals surface area (Å²) in [7, 11) is 0. The maximum atomic E-state index is 10.1. The summed E-state index contributed by atoms with van der Waals surface area (Å²) in [5.41, 5.74) is 0. The fraction of sp³-hybridized carbons (Fsp3) is 0.286. The SMILES string of the molecule is CCOC1=C(Cl)NC(=C=O)N=C1. The lowest BCUT2D eigenvalue weighted by atomic mass is 10.5. The Kier molecular flexibility index (Phi) is 2.91. The Morgan fingerprint density at radius 3 is 3.08 bits per heavy atom. The van der Waals surface area contributed by atoms with E-state index in [1.807, 2.05) is 6.92 Å². The minimum absolute atomic E-state index is 0.0588. The largest absolute Gasteiger partial charge is 0.489 e. The normalized spacial score (nSPS) is 15.7. The minimum atomic E-state index is 0.0588. The molecule has 0 aromatic rings. The average molecular weight is 187 g/mol. The zero-order valence-corrected chi connectivity index (χ0v) is 7.18. The summed E-state index contributed by atoms with van der Waals surface area (Å²) in [4.78, 5) is 13.8. The highest BCUT2D eigenvalue weighted by atomic mass is 35.5. The van der Waals surface area contributed by atoms with E-state index in [4.69, 9.17) is 16.3 Å². The minimum Gasteiger partial charge on any atom is -0.489 e. The van der Waals surface area contributed by atoms with Crippen LogP contribution < -0.4 is 5.32 Å². The summed E-state index contributed by atoms with van der Waals surface area (Å²) in [6.45, 7) is 2.33. The van der Waals surface area contributed by atoms with E-state index in [0.717, 1.165) is 0 Å². The van der Waals surface area contributed by atoms with Gasteiger partial charge in [0.2, 0.25) is 5.82 Å². The van der Waals surface area contributed by atoms with E-state index in [1.165, 1.54) is 6.21 Å². The zero-order chi connectivity index (χ0) is 8.97. The lowest BCUT2D eigenvalue weighted by Gasteiger charge is -2.11. The van der Waals surface area contributed by atoms with Crippen molar-refractivity contribution in [2.75, 3.05) is 6.61 Å². The van der Waals surface area contributed by atoms with Gasteiger partial charge < -0.3 is 10.1 Å². The lowest BCUT2D eigenvalue weighted by molar-refractivity contribution is 0.247. The van der Waals surface area contributed by atoms with Gasteiger partial charge in [0.25, 0.3) is 0 Å². The number of carbonyl (C=O) groups excluding carboxylic acids is 1. The first kappa shape index (κ1) is 8.84. The van der Waals surface area contributed by atoms with Crippen molar-refractivity contribution in [1.82, 2.24) is 5.32 Å². The highest BCUT2D eigenvalue weighted by Crippen LogP contribution is 2.12. The second-order valence-corrected chi connectivity index (χ2v) is 2.32. The van der Waals surface area contributed by atoms with Crippen LogP contribution in [0.2, 0.25) is 0 Å². The molecule has 64 valence electrons. The molecule has 12 heavy (non-hydrogen) atoms. The number of hydrogen-bond donors (Lipinski definition) is 1. The fourth-order valence-electron chi connectivity index (χ4n) is 0.686. The van der Waals surface area contributed by atoms with Crippen LogP contribution in [0.25, 0.3) is 0 Å². The number of aliphatic imine (C=N–C) groups is 1. The van der Waals surface area contributed by atoms with Crippen LogP contribution in [0.4, 0.5) is 0 Å². The van der Waals surface area contributed by atoms with Crippen molar-refractivity contribution < 1.29 is 9.53 Å². The molecule has 0 aromatic heterocycles. The molecule has 0 aliphatic carbocycles. The molecule has 4 nitrogen and oxygen atoms in total. The van der Waals surface area contributed by atoms with Gasteiger partial charge in [-0.3, -0.25) is 0 Å². The molecule has 0 amide bonds. The summed E-state index contributed by atoms with van der Waals surface area (Å²) in [5.74, 6) is 2.07. The standard InChI is InChI=1S/C7H7ClN2O2/c1-2-12-5-3-9-6(4-11)10-7(5)8/h3,10H,2H2,1H3. The molecule has 0 fully saturated rings. The van der Waals surface area contributed by atoms with Crippen LogP contribution in [-0.2, 0) is 9.53 Å². The first-order chi connectivity index (χ1) is 5.77. The van der Waals surface area contributed by atoms with Crippen molar-refractivity contribution in [2.45, 2.75) is 6.92 Å². The fourth-order valence-corrected chi connectivity index (χ4v) is 0.879. The van der Waals surface area contributed by atoms with Crippen LogP contribution in [0, 0.1) is 0 Å². The van der Waals surface area contributed by atoms with Crippen molar-refractivity contribution in [1.29, 1.82) is 0 Å². The average Bonchev–Trinajstić information content (AvgIpc) is 2.09. The summed E-state index contributed by atoms with van der Waals surface area (Å²) in [6.07, 6.45) is 1.38. The van der Waals surface area contributed by atoms with Gasteiger partial charge in [0.05, 0.1) is 12.8 Å². The highest BCUT2D eigenvalue weighted by molar-refractivity contribution is 6.31. The maximum Gasteiger partial charge on any atom is 0.217 e. The second-order valence-electron chi connectivity index (χ2n) is 1.95. The van der Waals surface area contributed by atoms with Gasteiger partial charge >= 0.3 is 0 Å². The molecule has 1 N–H and O–H groups in total. The highest BCUT2D eigenvalue weighted by Gasteiger charge is 2.10. The van der Waals surface area contributed by atoms with Crippen molar-refractivity contribution in [2.24, 2.45) is 4.99 Å². The summed E-state index contributed by atoms with van der Waals surface area (Å²) < 4.78 is 5.08. The molecule has 0 unspecified atom stereocenters. The van der Waals surface area contributed by atoms with Crippen LogP contribution in [0.3, 0.4) is 0 Å². The number of rotatable bonds is 2. The Bertz CT molecular complexity index is 290. The van der Waals surface area contributed by atoms with Gasteiger partial charge in [0.15, 0.2) is 16.9 Å². The Morgan fingerprint density at radius 2 is 2.58 bits per heavy atom. The third kappa shape index (κ3) is 1.87. The van der Waals surface area contributed by atoms with Crippen molar-refractivity contribution in [3.05, 3.63) is 16.7 Å². The predicted octanol–water partition coefficient (Wildman–Crippen LogP) is 0.778. The smallest absolute Gasteiger partial charge is 0.217 e. The monoisotopic (exact) mass is 186 g/mol. The summed E-state index contributed by atoms with van der Waals surface area (Å²) in [5, 5.41) is 2.77. The number of nitrogens with one attached hydrogen (secondary N) is 1. The van der Waals surface area contributed by atoms with E-state index < -0.39 is 0 Å². The molecule has 0 saturated carbocycles. The van der Waals surface area contributed by atoms with Crippen LogP contribution in [0.15, 0.2) is 21.7 Å². The molecule has 0 atom stereocenters. The molecule has 0 spiro atoms. The predicted molar refractivity (Wildman–Crippen MR) is 45.3 cm³/mol. The maximum absolute atomic E-state index is 10.1. The number of halogens is 1. The van der Waals surface area contributed by atoms with Gasteiger partial charge in [-0.2, -0.15) is 0 Å². The van der Waals surface area contributed by atoms with E-state index >= 15 is 0 Å². The van der Waals surface area contributed by atoms with Crippen molar-refractivity contribution in [3.63, 3.8) is 0 Å². The molecule has 0 bridgehead atoms. The Hall–Kier alpha value is -1.25. The van der Waals surface area contributed by atoms with E-state index in [9.17, 15) is 4.79 Å². The van der Waals surface area contributed by atoms with Crippen LogP contribution in [-0.4, -0.2) is 18.8 Å². The quantitative estimate of drug-likeness (QED) is 0.512. The van der Waals surface area contributed by atoms with E-state index in [2.05, 4.69) is 10.3 Å². The lowest BCUT2D eigenvalue weighted by Crippen LogP contribution is -2.16. The number of ether oxygens (including phenoxy) is 1. The molecule has 1 heterocycles. The van der Waals surface area contributed by atoms with E-state index in [1.54, 1.807) is 5.94 Å². The Labute approximate surface area is 74.6 Å². The van der Waals surface area contributed by atoms with Crippen LogP contribution in [0.1, 0.15) is 6.92 Å². The summed E-state index contributed by atoms with van der Waals surface area (Å²) >= 11 is 5.69. The molecule has 0 radical (unpaired) electrons. The van der Waals surface area contributed by atoms with E-state index in [-0.39, 0.29) is 11.0 Å². The van der Waals surface area contributed by atoms with Gasteiger partial charge in [-0.05, 0) is 6.92 Å². The molecule has 1 rings (SSSR count). The van der Waals surface area contributed by atoms with E-state index in [0.29, 0.717) is 12.4 Å². The van der Waals surface area contributed by atoms with Gasteiger partial charge in [-0.15, -0.1) is 0 Å². The molecule has 5 heteroatoms. The first-order valence-electron chi connectivity index (χ1n) is 3.36. The zero-order valence-electron chi connectivity index (χ0n) is 6.43. The number of nitrogens with zero attached hydrogens (tertiary/aromatic N) is 1. The van der Waals surface area contributed by atoms with Gasteiger partial charge in [0, 0.05) is 0 Å². The van der Waals surface area contributed by atoms with Crippen molar-refractivity contribution >= 4 is 23.8 Å². The van der Waals surface area contributed by atoms with Gasteiger partial charge in [-0.25, -0.2) is 9.79 Å². The number of hydrogen-bond acceptors (Lipinski definition) is 4. The first-order valence-corrected chi connectivity index (χ1v) is 3.74.